The van der Waals surface area contributed by atoms with Gasteiger partial charge < -0.3 is 19.6 Å². The van der Waals surface area contributed by atoms with E-state index in [1.165, 1.54) is 0 Å². The molecule has 0 unspecified atom stereocenters. The molecule has 0 bridgehead atoms. The zero-order valence-electron chi connectivity index (χ0n) is 11.0. The summed E-state index contributed by atoms with van der Waals surface area (Å²) >= 11 is 0. The van der Waals surface area contributed by atoms with Gasteiger partial charge in [0.2, 0.25) is 0 Å². The molecular weight excluding hydrogens is 246 g/mol. The van der Waals surface area contributed by atoms with Gasteiger partial charge in [0.25, 0.3) is 0 Å². The minimum Gasteiger partial charge on any atom is -0.493 e. The highest BCUT2D eigenvalue weighted by Gasteiger charge is 2.13. The van der Waals surface area contributed by atoms with E-state index in [1.54, 1.807) is 39.3 Å². The second-order valence-corrected chi connectivity index (χ2v) is 4.10. The second kappa shape index (κ2) is 5.06. The standard InChI is InChI=1S/C14H15NO4/c1-8-10(14(16)17)7-11(15-8)9-4-5-12(18-2)13(6-9)19-3/h4-7,15H,1-3H3,(H,16,17). The highest BCUT2D eigenvalue weighted by atomic mass is 16.5. The van der Waals surface area contributed by atoms with Crippen LogP contribution in [0.1, 0.15) is 16.1 Å². The number of hydrogen-bond donors (Lipinski definition) is 2. The van der Waals surface area contributed by atoms with Crippen molar-refractivity contribution in [2.75, 3.05) is 14.2 Å². The Kier molecular flexibility index (Phi) is 3.46. The number of aromatic amines is 1. The average Bonchev–Trinajstić information content (AvgIpc) is 2.80. The van der Waals surface area contributed by atoms with Crippen molar-refractivity contribution in [1.29, 1.82) is 0 Å². The maximum absolute atomic E-state index is 11.0. The van der Waals surface area contributed by atoms with Crippen molar-refractivity contribution in [3.05, 3.63) is 35.5 Å². The summed E-state index contributed by atoms with van der Waals surface area (Å²) in [6.07, 6.45) is 0. The lowest BCUT2D eigenvalue weighted by atomic mass is 10.1. The first kappa shape index (κ1) is 13.0. The fraction of sp³-hybridized carbons (Fsp3) is 0.214. The molecule has 0 atom stereocenters. The highest BCUT2D eigenvalue weighted by Crippen LogP contribution is 2.32. The number of ether oxygens (including phenoxy) is 2. The highest BCUT2D eigenvalue weighted by molar-refractivity contribution is 5.91. The van der Waals surface area contributed by atoms with Gasteiger partial charge in [-0.1, -0.05) is 0 Å². The van der Waals surface area contributed by atoms with E-state index in [0.29, 0.717) is 17.2 Å². The number of benzene rings is 1. The Morgan fingerprint density at radius 1 is 1.16 bits per heavy atom. The van der Waals surface area contributed by atoms with Crippen molar-refractivity contribution in [2.24, 2.45) is 0 Å². The molecule has 0 saturated heterocycles. The first-order chi connectivity index (χ1) is 9.06. The van der Waals surface area contributed by atoms with Crippen LogP contribution in [0, 0.1) is 6.92 Å². The van der Waals surface area contributed by atoms with Crippen LogP contribution in [-0.2, 0) is 0 Å². The molecule has 1 aromatic heterocycles. The van der Waals surface area contributed by atoms with Crippen LogP contribution in [0.25, 0.3) is 11.3 Å². The summed E-state index contributed by atoms with van der Waals surface area (Å²) in [5.74, 6) is 0.289. The molecule has 0 fully saturated rings. The van der Waals surface area contributed by atoms with E-state index in [4.69, 9.17) is 14.6 Å². The molecule has 0 saturated carbocycles. The van der Waals surface area contributed by atoms with Gasteiger partial charge in [0.15, 0.2) is 11.5 Å². The Morgan fingerprint density at radius 2 is 1.84 bits per heavy atom. The molecule has 19 heavy (non-hydrogen) atoms. The van der Waals surface area contributed by atoms with Crippen molar-refractivity contribution in [1.82, 2.24) is 4.98 Å². The predicted octanol–water partition coefficient (Wildman–Crippen LogP) is 2.71. The summed E-state index contributed by atoms with van der Waals surface area (Å²) in [5.41, 5.74) is 2.46. The van der Waals surface area contributed by atoms with Crippen LogP contribution in [0.15, 0.2) is 24.3 Å². The summed E-state index contributed by atoms with van der Waals surface area (Å²) in [5, 5.41) is 9.04. The lowest BCUT2D eigenvalue weighted by Crippen LogP contribution is -1.95. The summed E-state index contributed by atoms with van der Waals surface area (Å²) in [7, 11) is 3.13. The minimum absolute atomic E-state index is 0.268. The third-order valence-electron chi connectivity index (χ3n) is 2.94. The number of aromatic nitrogens is 1. The number of hydrogen-bond acceptors (Lipinski definition) is 3. The molecule has 0 spiro atoms. The molecule has 2 aromatic rings. The van der Waals surface area contributed by atoms with Crippen LogP contribution in [-0.4, -0.2) is 30.3 Å². The number of rotatable bonds is 4. The normalized spacial score (nSPS) is 10.3. The Bertz CT molecular complexity index is 616. The summed E-state index contributed by atoms with van der Waals surface area (Å²) < 4.78 is 10.4. The van der Waals surface area contributed by atoms with E-state index >= 15 is 0 Å². The number of aryl methyl sites for hydroxylation is 1. The van der Waals surface area contributed by atoms with Gasteiger partial charge in [-0.15, -0.1) is 0 Å². The molecule has 5 nitrogen and oxygen atoms in total. The zero-order valence-corrected chi connectivity index (χ0v) is 11.0. The van der Waals surface area contributed by atoms with Crippen LogP contribution in [0.2, 0.25) is 0 Å². The molecule has 0 aliphatic heterocycles. The Hall–Kier alpha value is -2.43. The molecule has 1 heterocycles. The van der Waals surface area contributed by atoms with Crippen LogP contribution in [0.5, 0.6) is 11.5 Å². The monoisotopic (exact) mass is 261 g/mol. The molecular formula is C14H15NO4. The van der Waals surface area contributed by atoms with Crippen LogP contribution in [0.4, 0.5) is 0 Å². The smallest absolute Gasteiger partial charge is 0.337 e. The van der Waals surface area contributed by atoms with Gasteiger partial charge in [-0.2, -0.15) is 0 Å². The fourth-order valence-corrected chi connectivity index (χ4v) is 1.94. The molecule has 0 radical (unpaired) electrons. The van der Waals surface area contributed by atoms with E-state index in [1.807, 2.05) is 6.07 Å². The molecule has 2 rings (SSSR count). The van der Waals surface area contributed by atoms with Gasteiger partial charge in [0, 0.05) is 17.0 Å². The number of carboxylic acids is 1. The Labute approximate surface area is 110 Å². The van der Waals surface area contributed by atoms with Crippen LogP contribution in [0.3, 0.4) is 0 Å². The van der Waals surface area contributed by atoms with E-state index in [9.17, 15) is 4.79 Å². The van der Waals surface area contributed by atoms with Crippen molar-refractivity contribution in [3.63, 3.8) is 0 Å². The number of aromatic carboxylic acids is 1. The van der Waals surface area contributed by atoms with Crippen molar-refractivity contribution < 1.29 is 19.4 Å². The zero-order chi connectivity index (χ0) is 14.0. The van der Waals surface area contributed by atoms with E-state index in [-0.39, 0.29) is 5.56 Å². The summed E-state index contributed by atoms with van der Waals surface area (Å²) in [4.78, 5) is 14.1. The molecule has 0 amide bonds. The molecule has 0 aliphatic rings. The first-order valence-electron chi connectivity index (χ1n) is 5.72. The second-order valence-electron chi connectivity index (χ2n) is 4.10. The van der Waals surface area contributed by atoms with Gasteiger partial charge >= 0.3 is 5.97 Å². The van der Waals surface area contributed by atoms with E-state index in [2.05, 4.69) is 4.98 Å². The average molecular weight is 261 g/mol. The van der Waals surface area contributed by atoms with Gasteiger partial charge in [0.05, 0.1) is 19.8 Å². The van der Waals surface area contributed by atoms with Crippen LogP contribution < -0.4 is 9.47 Å². The number of methoxy groups -OCH3 is 2. The van der Waals surface area contributed by atoms with E-state index < -0.39 is 5.97 Å². The van der Waals surface area contributed by atoms with Gasteiger partial charge in [-0.05, 0) is 31.2 Å². The fourth-order valence-electron chi connectivity index (χ4n) is 1.94. The molecule has 5 heteroatoms. The van der Waals surface area contributed by atoms with E-state index in [0.717, 1.165) is 11.3 Å². The van der Waals surface area contributed by atoms with Crippen molar-refractivity contribution in [3.8, 4) is 22.8 Å². The quantitative estimate of drug-likeness (QED) is 0.887. The number of carboxylic acid groups (broad SMARTS) is 1. The van der Waals surface area contributed by atoms with Gasteiger partial charge in [0.1, 0.15) is 0 Å². The first-order valence-corrected chi connectivity index (χ1v) is 5.72. The van der Waals surface area contributed by atoms with Gasteiger partial charge in [-0.3, -0.25) is 0 Å². The maximum Gasteiger partial charge on any atom is 0.337 e. The summed E-state index contributed by atoms with van der Waals surface area (Å²) in [6.45, 7) is 1.73. The third kappa shape index (κ3) is 2.40. The molecule has 0 aliphatic carbocycles. The molecule has 100 valence electrons. The van der Waals surface area contributed by atoms with Gasteiger partial charge in [-0.25, -0.2) is 4.79 Å². The summed E-state index contributed by atoms with van der Waals surface area (Å²) in [6, 6.07) is 7.04. The topological polar surface area (TPSA) is 71.5 Å². The molecule has 1 aromatic carbocycles. The lowest BCUT2D eigenvalue weighted by Gasteiger charge is -2.08. The number of nitrogens with one attached hydrogen (secondary N) is 1. The largest absolute Gasteiger partial charge is 0.493 e. The van der Waals surface area contributed by atoms with Crippen molar-refractivity contribution in [2.45, 2.75) is 6.92 Å². The third-order valence-corrected chi connectivity index (χ3v) is 2.94. The number of H-pyrrole nitrogens is 1. The van der Waals surface area contributed by atoms with Crippen molar-refractivity contribution >= 4 is 5.97 Å². The minimum atomic E-state index is -0.944. The molecule has 2 N–H and O–H groups in total. The maximum atomic E-state index is 11.0. The number of carbonyl (C=O) groups is 1. The lowest BCUT2D eigenvalue weighted by molar-refractivity contribution is 0.0696. The Morgan fingerprint density at radius 3 is 2.37 bits per heavy atom. The predicted molar refractivity (Wildman–Crippen MR) is 71.0 cm³/mol. The van der Waals surface area contributed by atoms with Crippen LogP contribution >= 0.6 is 0 Å². The SMILES string of the molecule is COc1ccc(-c2cc(C(=O)O)c(C)[nH]2)cc1OC. The Balaban J connectivity index is 2.47.